The van der Waals surface area contributed by atoms with Crippen LogP contribution in [0.15, 0.2) is 35.1 Å². The van der Waals surface area contributed by atoms with Crippen LogP contribution in [0, 0.1) is 5.92 Å². The van der Waals surface area contributed by atoms with Gasteiger partial charge >= 0.3 is 0 Å². The first-order chi connectivity index (χ1) is 9.11. The molecule has 0 spiro atoms. The topological polar surface area (TPSA) is 70.9 Å². The summed E-state index contributed by atoms with van der Waals surface area (Å²) < 4.78 is 0. The van der Waals surface area contributed by atoms with Gasteiger partial charge in [0.2, 0.25) is 5.56 Å². The number of para-hydroxylation sites is 1. The van der Waals surface area contributed by atoms with E-state index in [0.717, 1.165) is 16.5 Å². The van der Waals surface area contributed by atoms with Crippen molar-refractivity contribution < 1.29 is 0 Å². The highest BCUT2D eigenvalue weighted by Crippen LogP contribution is 2.14. The van der Waals surface area contributed by atoms with Gasteiger partial charge in [-0.1, -0.05) is 32.0 Å². The van der Waals surface area contributed by atoms with Gasteiger partial charge in [0.15, 0.2) is 0 Å². The van der Waals surface area contributed by atoms with Crippen LogP contribution in [-0.2, 0) is 6.54 Å². The molecule has 0 saturated carbocycles. The summed E-state index contributed by atoms with van der Waals surface area (Å²) in [4.78, 5) is 14.5. The van der Waals surface area contributed by atoms with E-state index >= 15 is 0 Å². The zero-order valence-electron chi connectivity index (χ0n) is 11.4. The van der Waals surface area contributed by atoms with Crippen molar-refractivity contribution in [2.75, 3.05) is 6.54 Å². The smallest absolute Gasteiger partial charge is 0.248 e. The Bertz CT molecular complexity index is 604. The van der Waals surface area contributed by atoms with E-state index in [4.69, 9.17) is 5.73 Å². The van der Waals surface area contributed by atoms with Crippen molar-refractivity contribution >= 4 is 10.9 Å². The van der Waals surface area contributed by atoms with E-state index in [1.54, 1.807) is 6.07 Å². The van der Waals surface area contributed by atoms with Crippen molar-refractivity contribution in [3.63, 3.8) is 0 Å². The zero-order valence-corrected chi connectivity index (χ0v) is 11.4. The van der Waals surface area contributed by atoms with E-state index in [0.29, 0.717) is 19.0 Å². The minimum Gasteiger partial charge on any atom is -0.329 e. The molecule has 1 unspecified atom stereocenters. The first kappa shape index (κ1) is 13.8. The Hall–Kier alpha value is -1.65. The number of pyridine rings is 1. The van der Waals surface area contributed by atoms with Crippen LogP contribution in [0.3, 0.4) is 0 Å². The van der Waals surface area contributed by atoms with Crippen LogP contribution in [0.1, 0.15) is 19.4 Å². The third-order valence-corrected chi connectivity index (χ3v) is 3.45. The summed E-state index contributed by atoms with van der Waals surface area (Å²) in [6, 6.07) is 9.76. The molecule has 0 bridgehead atoms. The second-order valence-corrected chi connectivity index (χ2v) is 5.17. The maximum Gasteiger partial charge on any atom is 0.248 e. The van der Waals surface area contributed by atoms with E-state index in [1.165, 1.54) is 0 Å². The molecule has 1 aromatic heterocycles. The third-order valence-electron chi connectivity index (χ3n) is 3.45. The van der Waals surface area contributed by atoms with E-state index in [9.17, 15) is 4.79 Å². The summed E-state index contributed by atoms with van der Waals surface area (Å²) in [5.74, 6) is 0.471. The maximum absolute atomic E-state index is 11.6. The molecule has 0 aliphatic heterocycles. The minimum absolute atomic E-state index is 0.0654. The van der Waals surface area contributed by atoms with Gasteiger partial charge in [0, 0.05) is 36.1 Å². The fourth-order valence-electron chi connectivity index (χ4n) is 2.26. The van der Waals surface area contributed by atoms with Crippen LogP contribution in [0.2, 0.25) is 0 Å². The van der Waals surface area contributed by atoms with Crippen LogP contribution in [0.5, 0.6) is 0 Å². The van der Waals surface area contributed by atoms with Crippen LogP contribution < -0.4 is 16.6 Å². The monoisotopic (exact) mass is 259 g/mol. The standard InChI is InChI=1S/C15H21N3O/c1-10(2)14(8-16)17-9-11-7-15(19)18-13-6-4-3-5-12(11)13/h3-7,10,14,17H,8-9,16H2,1-2H3,(H,18,19). The Labute approximate surface area is 113 Å². The van der Waals surface area contributed by atoms with Gasteiger partial charge < -0.3 is 16.0 Å². The molecule has 0 saturated heterocycles. The van der Waals surface area contributed by atoms with Gasteiger partial charge in [0.1, 0.15) is 0 Å². The quantitative estimate of drug-likeness (QED) is 0.764. The molecule has 0 aliphatic carbocycles. The Morgan fingerprint density at radius 3 is 2.74 bits per heavy atom. The number of nitrogens with one attached hydrogen (secondary N) is 2. The number of rotatable bonds is 5. The zero-order chi connectivity index (χ0) is 13.8. The highest BCUT2D eigenvalue weighted by molar-refractivity contribution is 5.81. The molecule has 1 heterocycles. The second-order valence-electron chi connectivity index (χ2n) is 5.17. The Balaban J connectivity index is 2.27. The molecule has 2 aromatic rings. The second kappa shape index (κ2) is 5.99. The lowest BCUT2D eigenvalue weighted by atomic mass is 10.0. The van der Waals surface area contributed by atoms with Crippen LogP contribution in [-0.4, -0.2) is 17.6 Å². The third kappa shape index (κ3) is 3.22. The molecule has 4 N–H and O–H groups in total. The molecule has 102 valence electrons. The summed E-state index contributed by atoms with van der Waals surface area (Å²) in [7, 11) is 0. The van der Waals surface area contributed by atoms with E-state index in [2.05, 4.69) is 24.1 Å². The van der Waals surface area contributed by atoms with Gasteiger partial charge in [-0.05, 0) is 17.5 Å². The fraction of sp³-hybridized carbons (Fsp3) is 0.400. The molecular formula is C15H21N3O. The SMILES string of the molecule is CC(C)C(CN)NCc1cc(=O)[nH]c2ccccc12. The molecule has 1 atom stereocenters. The largest absolute Gasteiger partial charge is 0.329 e. The first-order valence-electron chi connectivity index (χ1n) is 6.66. The van der Waals surface area contributed by atoms with E-state index in [1.807, 2.05) is 24.3 Å². The van der Waals surface area contributed by atoms with Crippen molar-refractivity contribution in [2.45, 2.75) is 26.4 Å². The number of aromatic nitrogens is 1. The van der Waals surface area contributed by atoms with Gasteiger partial charge in [-0.2, -0.15) is 0 Å². The maximum atomic E-state index is 11.6. The van der Waals surface area contributed by atoms with E-state index in [-0.39, 0.29) is 11.6 Å². The number of fused-ring (bicyclic) bond motifs is 1. The molecule has 0 radical (unpaired) electrons. The van der Waals surface area contributed by atoms with Gasteiger partial charge in [-0.3, -0.25) is 4.79 Å². The average Bonchev–Trinajstić information content (AvgIpc) is 2.38. The summed E-state index contributed by atoms with van der Waals surface area (Å²) in [6.45, 7) is 5.53. The molecule has 1 aromatic carbocycles. The molecule has 0 amide bonds. The Kier molecular flexibility index (Phi) is 4.35. The molecular weight excluding hydrogens is 238 g/mol. The number of H-pyrrole nitrogens is 1. The summed E-state index contributed by atoms with van der Waals surface area (Å²) in [6.07, 6.45) is 0. The van der Waals surface area contributed by atoms with Gasteiger partial charge in [-0.25, -0.2) is 0 Å². The molecule has 0 aliphatic rings. The van der Waals surface area contributed by atoms with Crippen molar-refractivity contribution in [1.82, 2.24) is 10.3 Å². The van der Waals surface area contributed by atoms with Gasteiger partial charge in [0.25, 0.3) is 0 Å². The molecule has 19 heavy (non-hydrogen) atoms. The number of nitrogens with two attached hydrogens (primary N) is 1. The number of hydrogen-bond acceptors (Lipinski definition) is 3. The minimum atomic E-state index is -0.0654. The average molecular weight is 259 g/mol. The van der Waals surface area contributed by atoms with Crippen LogP contribution in [0.4, 0.5) is 0 Å². The number of hydrogen-bond donors (Lipinski definition) is 3. The van der Waals surface area contributed by atoms with Crippen molar-refractivity contribution in [3.8, 4) is 0 Å². The Morgan fingerprint density at radius 1 is 1.32 bits per heavy atom. The van der Waals surface area contributed by atoms with Crippen LogP contribution in [0.25, 0.3) is 10.9 Å². The molecule has 4 nitrogen and oxygen atoms in total. The predicted octanol–water partition coefficient (Wildman–Crippen LogP) is 1.60. The van der Waals surface area contributed by atoms with Crippen molar-refractivity contribution in [3.05, 3.63) is 46.2 Å². The lowest BCUT2D eigenvalue weighted by molar-refractivity contribution is 0.405. The van der Waals surface area contributed by atoms with Crippen molar-refractivity contribution in [2.24, 2.45) is 11.7 Å². The summed E-state index contributed by atoms with van der Waals surface area (Å²) in [5.41, 5.74) is 7.57. The highest BCUT2D eigenvalue weighted by Gasteiger charge is 2.11. The lowest BCUT2D eigenvalue weighted by Gasteiger charge is -2.21. The normalized spacial score (nSPS) is 13.1. The van der Waals surface area contributed by atoms with E-state index < -0.39 is 0 Å². The Morgan fingerprint density at radius 2 is 2.05 bits per heavy atom. The summed E-state index contributed by atoms with van der Waals surface area (Å²) >= 11 is 0. The van der Waals surface area contributed by atoms with Crippen molar-refractivity contribution in [1.29, 1.82) is 0 Å². The summed E-state index contributed by atoms with van der Waals surface area (Å²) in [5, 5.41) is 4.50. The van der Waals surface area contributed by atoms with Gasteiger partial charge in [-0.15, -0.1) is 0 Å². The number of benzene rings is 1. The first-order valence-corrected chi connectivity index (χ1v) is 6.66. The molecule has 4 heteroatoms. The fourth-order valence-corrected chi connectivity index (χ4v) is 2.26. The number of aromatic amines is 1. The van der Waals surface area contributed by atoms with Gasteiger partial charge in [0.05, 0.1) is 0 Å². The molecule has 0 fully saturated rings. The van der Waals surface area contributed by atoms with Crippen LogP contribution >= 0.6 is 0 Å². The lowest BCUT2D eigenvalue weighted by Crippen LogP contribution is -2.39. The molecule has 2 rings (SSSR count). The predicted molar refractivity (Wildman–Crippen MR) is 79.1 cm³/mol. The highest BCUT2D eigenvalue weighted by atomic mass is 16.1.